The number of aromatic nitrogens is 1. The van der Waals surface area contributed by atoms with Crippen LogP contribution in [0.4, 0.5) is 10.1 Å². The zero-order valence-electron chi connectivity index (χ0n) is 21.3. The largest absolute Gasteiger partial charge is 0.492 e. The van der Waals surface area contributed by atoms with Crippen LogP contribution in [0.2, 0.25) is 0 Å². The molecular formula is C30H32FN3O3. The Labute approximate surface area is 215 Å². The maximum atomic E-state index is 15.8. The standard InChI is InChI=1S/C30H32FN3O3/c1-32-14-6-9-20-16-33(18-25(20)32)28-24(31)15-22-27(30(28)37-2)34(21-11-12-21)17-23(29(22)36)26(35)13-10-19-7-4-3-5-8-19/h3-5,7-8,10,13,15,17,20-21,25H,6,9,11-12,14,16,18H2,1-2H3/b13-10+. The summed E-state index contributed by atoms with van der Waals surface area (Å²) in [6, 6.07) is 11.3. The quantitative estimate of drug-likeness (QED) is 0.355. The third kappa shape index (κ3) is 4.25. The molecule has 0 bridgehead atoms. The fourth-order valence-corrected chi connectivity index (χ4v) is 6.16. The van der Waals surface area contributed by atoms with E-state index in [1.807, 2.05) is 34.9 Å². The number of ether oxygens (including phenoxy) is 1. The van der Waals surface area contributed by atoms with Gasteiger partial charge >= 0.3 is 0 Å². The van der Waals surface area contributed by atoms with Gasteiger partial charge < -0.3 is 19.1 Å². The lowest BCUT2D eigenvalue weighted by Gasteiger charge is -2.33. The summed E-state index contributed by atoms with van der Waals surface area (Å²) >= 11 is 0. The van der Waals surface area contributed by atoms with E-state index in [-0.39, 0.29) is 22.8 Å². The molecule has 2 aliphatic heterocycles. The fraction of sp³-hybridized carbons (Fsp3) is 0.400. The number of ketones is 1. The average molecular weight is 502 g/mol. The molecule has 3 aromatic rings. The van der Waals surface area contributed by atoms with Gasteiger partial charge in [0.15, 0.2) is 17.3 Å². The lowest BCUT2D eigenvalue weighted by Crippen LogP contribution is -2.42. The minimum absolute atomic E-state index is 0.0506. The first-order valence-corrected chi connectivity index (χ1v) is 13.1. The molecule has 2 atom stereocenters. The van der Waals surface area contributed by atoms with Crippen LogP contribution in [0, 0.1) is 11.7 Å². The van der Waals surface area contributed by atoms with Crippen LogP contribution >= 0.6 is 0 Å². The normalized spacial score (nSPS) is 22.1. The van der Waals surface area contributed by atoms with Crippen LogP contribution in [0.3, 0.4) is 0 Å². The molecule has 3 fully saturated rings. The molecule has 6 nitrogen and oxygen atoms in total. The number of halogens is 1. The molecule has 6 rings (SSSR count). The second-order valence-corrected chi connectivity index (χ2v) is 10.6. The number of benzene rings is 2. The number of methoxy groups -OCH3 is 1. The molecule has 37 heavy (non-hydrogen) atoms. The van der Waals surface area contributed by atoms with E-state index in [0.717, 1.165) is 50.9 Å². The van der Waals surface area contributed by atoms with Crippen molar-refractivity contribution < 1.29 is 13.9 Å². The van der Waals surface area contributed by atoms with Crippen LogP contribution in [-0.2, 0) is 0 Å². The van der Waals surface area contributed by atoms with E-state index in [1.165, 1.54) is 19.3 Å². The minimum Gasteiger partial charge on any atom is -0.492 e. The minimum atomic E-state index is -0.477. The first-order chi connectivity index (χ1) is 18.0. The number of hydrogen-bond acceptors (Lipinski definition) is 5. The average Bonchev–Trinajstić information content (AvgIpc) is 3.66. The third-order valence-corrected chi connectivity index (χ3v) is 8.21. The van der Waals surface area contributed by atoms with E-state index in [4.69, 9.17) is 4.74 Å². The highest BCUT2D eigenvalue weighted by Gasteiger charge is 2.40. The number of rotatable bonds is 6. The predicted octanol–water partition coefficient (Wildman–Crippen LogP) is 4.91. The number of nitrogens with zero attached hydrogens (tertiary/aromatic N) is 3. The van der Waals surface area contributed by atoms with Gasteiger partial charge in [0.1, 0.15) is 5.69 Å². The van der Waals surface area contributed by atoms with Crippen LogP contribution in [0.15, 0.2) is 53.5 Å². The third-order valence-electron chi connectivity index (χ3n) is 8.21. The summed E-state index contributed by atoms with van der Waals surface area (Å²) in [5, 5.41) is 0.192. The molecule has 2 aromatic carbocycles. The van der Waals surface area contributed by atoms with E-state index in [0.29, 0.717) is 28.9 Å². The Morgan fingerprint density at radius 2 is 1.92 bits per heavy atom. The summed E-state index contributed by atoms with van der Waals surface area (Å²) in [6.07, 6.45) is 8.94. The van der Waals surface area contributed by atoms with Crippen molar-refractivity contribution in [2.45, 2.75) is 37.8 Å². The van der Waals surface area contributed by atoms with Gasteiger partial charge in [-0.05, 0) is 62.9 Å². The van der Waals surface area contributed by atoms with Crippen molar-refractivity contribution >= 4 is 28.4 Å². The zero-order chi connectivity index (χ0) is 25.7. The molecule has 3 heterocycles. The second kappa shape index (κ2) is 9.45. The van der Waals surface area contributed by atoms with Gasteiger partial charge in [-0.3, -0.25) is 9.59 Å². The van der Waals surface area contributed by atoms with E-state index < -0.39 is 11.2 Å². The van der Waals surface area contributed by atoms with Gasteiger partial charge in [-0.25, -0.2) is 4.39 Å². The number of likely N-dealkylation sites (N-methyl/N-ethyl adjacent to an activating group) is 1. The molecule has 1 aliphatic carbocycles. The van der Waals surface area contributed by atoms with Gasteiger partial charge in [-0.1, -0.05) is 36.4 Å². The summed E-state index contributed by atoms with van der Waals surface area (Å²) in [4.78, 5) is 31.2. The first-order valence-electron chi connectivity index (χ1n) is 13.1. The number of allylic oxidation sites excluding steroid dienone is 1. The van der Waals surface area contributed by atoms with E-state index >= 15 is 4.39 Å². The molecule has 0 radical (unpaired) electrons. The zero-order valence-corrected chi connectivity index (χ0v) is 21.3. The Morgan fingerprint density at radius 3 is 2.62 bits per heavy atom. The van der Waals surface area contributed by atoms with E-state index in [2.05, 4.69) is 16.8 Å². The summed E-state index contributed by atoms with van der Waals surface area (Å²) in [5.41, 5.74) is 1.46. The molecule has 2 saturated heterocycles. The van der Waals surface area contributed by atoms with Crippen molar-refractivity contribution in [3.63, 3.8) is 0 Å². The van der Waals surface area contributed by atoms with Crippen molar-refractivity contribution in [2.75, 3.05) is 38.7 Å². The van der Waals surface area contributed by atoms with E-state index in [9.17, 15) is 9.59 Å². The number of pyridine rings is 1. The Morgan fingerprint density at radius 1 is 1.14 bits per heavy atom. The monoisotopic (exact) mass is 501 g/mol. The number of hydrogen-bond donors (Lipinski definition) is 0. The maximum Gasteiger partial charge on any atom is 0.200 e. The van der Waals surface area contributed by atoms with Gasteiger partial charge in [-0.2, -0.15) is 0 Å². The van der Waals surface area contributed by atoms with Crippen molar-refractivity contribution in [3.8, 4) is 5.75 Å². The summed E-state index contributed by atoms with van der Waals surface area (Å²) < 4.78 is 23.7. The van der Waals surface area contributed by atoms with Crippen molar-refractivity contribution in [1.82, 2.24) is 9.47 Å². The number of carbonyl (C=O) groups is 1. The Hall–Kier alpha value is -3.45. The topological polar surface area (TPSA) is 54.8 Å². The second-order valence-electron chi connectivity index (χ2n) is 10.6. The molecule has 0 N–H and O–H groups in total. The molecule has 1 saturated carbocycles. The van der Waals surface area contributed by atoms with Crippen LogP contribution in [0.1, 0.15) is 47.6 Å². The molecule has 0 amide bonds. The van der Waals surface area contributed by atoms with Crippen LogP contribution in [0.5, 0.6) is 5.75 Å². The summed E-state index contributed by atoms with van der Waals surface area (Å²) in [7, 11) is 3.68. The molecule has 1 aromatic heterocycles. The predicted molar refractivity (Wildman–Crippen MR) is 144 cm³/mol. The Balaban J connectivity index is 1.46. The number of carbonyl (C=O) groups excluding carboxylic acids is 1. The van der Waals surface area contributed by atoms with Crippen molar-refractivity contribution in [3.05, 3.63) is 75.8 Å². The number of fused-ring (bicyclic) bond motifs is 2. The van der Waals surface area contributed by atoms with Crippen molar-refractivity contribution in [1.29, 1.82) is 0 Å². The molecular weight excluding hydrogens is 469 g/mol. The Bertz CT molecular complexity index is 1440. The van der Waals surface area contributed by atoms with Gasteiger partial charge in [0.2, 0.25) is 5.43 Å². The molecule has 192 valence electrons. The van der Waals surface area contributed by atoms with Gasteiger partial charge in [0.25, 0.3) is 0 Å². The maximum absolute atomic E-state index is 15.8. The lowest BCUT2D eigenvalue weighted by molar-refractivity contribution is 0.104. The van der Waals surface area contributed by atoms with E-state index in [1.54, 1.807) is 12.3 Å². The van der Waals surface area contributed by atoms with Gasteiger partial charge in [0.05, 0.1) is 23.6 Å². The highest BCUT2D eigenvalue weighted by atomic mass is 19.1. The number of anilines is 1. The lowest BCUT2D eigenvalue weighted by atomic mass is 9.93. The van der Waals surface area contributed by atoms with Gasteiger partial charge in [0, 0.05) is 31.4 Å². The SMILES string of the molecule is COc1c(N2CC3CCCN(C)C3C2)c(F)cc2c(=O)c(C(=O)/C=C/c3ccccc3)cn(C3CC3)c12. The Kier molecular flexibility index (Phi) is 6.11. The van der Waals surface area contributed by atoms with Crippen molar-refractivity contribution in [2.24, 2.45) is 5.92 Å². The molecule has 7 heteroatoms. The number of piperidine rings is 1. The van der Waals surface area contributed by atoms with Gasteiger partial charge in [-0.15, -0.1) is 0 Å². The van der Waals surface area contributed by atoms with Crippen LogP contribution in [0.25, 0.3) is 17.0 Å². The summed E-state index contributed by atoms with van der Waals surface area (Å²) in [6.45, 7) is 2.56. The fourth-order valence-electron chi connectivity index (χ4n) is 6.16. The molecule has 2 unspecified atom stereocenters. The first kappa shape index (κ1) is 23.9. The summed E-state index contributed by atoms with van der Waals surface area (Å²) in [5.74, 6) is 0.00878. The highest BCUT2D eigenvalue weighted by Crippen LogP contribution is 2.45. The highest BCUT2D eigenvalue weighted by molar-refractivity contribution is 6.08. The number of likely N-dealkylation sites (tertiary alicyclic amines) is 1. The molecule has 0 spiro atoms. The molecule has 3 aliphatic rings. The van der Waals surface area contributed by atoms with Crippen LogP contribution < -0.4 is 15.1 Å². The van der Waals surface area contributed by atoms with Crippen LogP contribution in [-0.4, -0.2) is 55.1 Å². The smallest absolute Gasteiger partial charge is 0.200 e.